The van der Waals surface area contributed by atoms with E-state index in [0.717, 1.165) is 17.1 Å². The number of nitrogens with one attached hydrogen (secondary N) is 2. The van der Waals surface area contributed by atoms with Gasteiger partial charge in [0.05, 0.1) is 6.54 Å². The number of nitrogens with zero attached hydrogens (tertiary/aromatic N) is 1. The third-order valence-corrected chi connectivity index (χ3v) is 2.13. The molecular formula is C11H12N4O. The molecule has 0 unspecified atom stereocenters. The third kappa shape index (κ3) is 2.26. The molecular weight excluding hydrogens is 204 g/mol. The molecule has 5 nitrogen and oxygen atoms in total. The molecule has 5 heteroatoms. The number of nitrogens with two attached hydrogens (primary N) is 1. The van der Waals surface area contributed by atoms with Gasteiger partial charge in [-0.1, -0.05) is 0 Å². The van der Waals surface area contributed by atoms with Crippen molar-refractivity contribution in [3.8, 4) is 11.4 Å². The SMILES string of the molecule is NCC(=O)Nc1ccc(-c2ncc[nH]2)cc1. The van der Waals surface area contributed by atoms with E-state index in [9.17, 15) is 4.79 Å². The third-order valence-electron chi connectivity index (χ3n) is 2.13. The van der Waals surface area contributed by atoms with Crippen molar-refractivity contribution in [1.82, 2.24) is 9.97 Å². The average Bonchev–Trinajstić information content (AvgIpc) is 2.83. The highest BCUT2D eigenvalue weighted by Crippen LogP contribution is 2.17. The number of hydrogen-bond donors (Lipinski definition) is 3. The number of benzene rings is 1. The van der Waals surface area contributed by atoms with Crippen LogP contribution >= 0.6 is 0 Å². The zero-order chi connectivity index (χ0) is 11.4. The van der Waals surface area contributed by atoms with Gasteiger partial charge < -0.3 is 16.0 Å². The molecule has 0 aliphatic rings. The number of carbonyl (C=O) groups is 1. The van der Waals surface area contributed by atoms with Gasteiger partial charge in [0.1, 0.15) is 5.82 Å². The molecule has 0 radical (unpaired) electrons. The van der Waals surface area contributed by atoms with Crippen LogP contribution < -0.4 is 11.1 Å². The predicted octanol–water partition coefficient (Wildman–Crippen LogP) is 0.974. The average molecular weight is 216 g/mol. The molecule has 0 bridgehead atoms. The molecule has 0 aliphatic heterocycles. The number of imidazole rings is 1. The maximum Gasteiger partial charge on any atom is 0.238 e. The fraction of sp³-hybridized carbons (Fsp3) is 0.0909. The Morgan fingerprint density at radius 3 is 2.69 bits per heavy atom. The smallest absolute Gasteiger partial charge is 0.238 e. The first kappa shape index (κ1) is 10.4. The van der Waals surface area contributed by atoms with E-state index in [4.69, 9.17) is 5.73 Å². The number of H-pyrrole nitrogens is 1. The van der Waals surface area contributed by atoms with E-state index in [1.54, 1.807) is 12.4 Å². The normalized spacial score (nSPS) is 10.1. The summed E-state index contributed by atoms with van der Waals surface area (Å²) in [4.78, 5) is 18.2. The van der Waals surface area contributed by atoms with Crippen LogP contribution in [0.4, 0.5) is 5.69 Å². The summed E-state index contributed by atoms with van der Waals surface area (Å²) < 4.78 is 0. The highest BCUT2D eigenvalue weighted by molar-refractivity contribution is 5.92. The first-order chi connectivity index (χ1) is 7.79. The zero-order valence-corrected chi connectivity index (χ0v) is 8.60. The second kappa shape index (κ2) is 4.59. The molecule has 2 aromatic rings. The van der Waals surface area contributed by atoms with Gasteiger partial charge in [0.25, 0.3) is 0 Å². The van der Waals surface area contributed by atoms with Crippen LogP contribution in [0.2, 0.25) is 0 Å². The van der Waals surface area contributed by atoms with Crippen LogP contribution in [0.15, 0.2) is 36.7 Å². The first-order valence-corrected chi connectivity index (χ1v) is 4.89. The lowest BCUT2D eigenvalue weighted by molar-refractivity contribution is -0.114. The predicted molar refractivity (Wildman–Crippen MR) is 61.7 cm³/mol. The summed E-state index contributed by atoms with van der Waals surface area (Å²) in [5.74, 6) is 0.599. The van der Waals surface area contributed by atoms with Gasteiger partial charge in [-0.3, -0.25) is 4.79 Å². The molecule has 0 atom stereocenters. The van der Waals surface area contributed by atoms with Crippen LogP contribution in [0.1, 0.15) is 0 Å². The Labute approximate surface area is 92.7 Å². The standard InChI is InChI=1S/C11H12N4O/c12-7-10(16)15-9-3-1-8(2-4-9)11-13-5-6-14-11/h1-6H,7,12H2,(H,13,14)(H,15,16). The first-order valence-electron chi connectivity index (χ1n) is 4.89. The highest BCUT2D eigenvalue weighted by Gasteiger charge is 2.01. The summed E-state index contributed by atoms with van der Waals surface area (Å²) in [5.41, 5.74) is 6.90. The number of aromatic amines is 1. The Kier molecular flexibility index (Phi) is 2.98. The second-order valence-electron chi connectivity index (χ2n) is 3.27. The van der Waals surface area contributed by atoms with Gasteiger partial charge in [0.15, 0.2) is 0 Å². The summed E-state index contributed by atoms with van der Waals surface area (Å²) in [6, 6.07) is 7.38. The minimum atomic E-state index is -0.203. The lowest BCUT2D eigenvalue weighted by atomic mass is 10.2. The molecule has 2 rings (SSSR count). The van der Waals surface area contributed by atoms with E-state index in [2.05, 4.69) is 15.3 Å². The molecule has 4 N–H and O–H groups in total. The Balaban J connectivity index is 2.14. The lowest BCUT2D eigenvalue weighted by Gasteiger charge is -2.03. The number of anilines is 1. The summed E-state index contributed by atoms with van der Waals surface area (Å²) >= 11 is 0. The zero-order valence-electron chi connectivity index (χ0n) is 8.60. The Morgan fingerprint density at radius 2 is 2.12 bits per heavy atom. The molecule has 0 fully saturated rings. The molecule has 82 valence electrons. The molecule has 0 spiro atoms. The monoisotopic (exact) mass is 216 g/mol. The summed E-state index contributed by atoms with van der Waals surface area (Å²) in [7, 11) is 0. The van der Waals surface area contributed by atoms with Crippen LogP contribution in [-0.4, -0.2) is 22.4 Å². The molecule has 1 aromatic carbocycles. The quantitative estimate of drug-likeness (QED) is 0.714. The van der Waals surface area contributed by atoms with Gasteiger partial charge in [-0.05, 0) is 24.3 Å². The van der Waals surface area contributed by atoms with E-state index in [-0.39, 0.29) is 12.5 Å². The van der Waals surface area contributed by atoms with Gasteiger partial charge in [0.2, 0.25) is 5.91 Å². The van der Waals surface area contributed by atoms with Crippen LogP contribution in [0.25, 0.3) is 11.4 Å². The van der Waals surface area contributed by atoms with Crippen LogP contribution in [0.5, 0.6) is 0 Å². The Morgan fingerprint density at radius 1 is 1.38 bits per heavy atom. The van der Waals surface area contributed by atoms with Gasteiger partial charge in [-0.2, -0.15) is 0 Å². The summed E-state index contributed by atoms with van der Waals surface area (Å²) in [6.45, 7) is -0.0140. The molecule has 0 saturated heterocycles. The number of hydrogen-bond acceptors (Lipinski definition) is 3. The molecule has 1 heterocycles. The number of aromatic nitrogens is 2. The van der Waals surface area contributed by atoms with Crippen molar-refractivity contribution in [2.75, 3.05) is 11.9 Å². The molecule has 16 heavy (non-hydrogen) atoms. The molecule has 1 aromatic heterocycles. The summed E-state index contributed by atoms with van der Waals surface area (Å²) in [5, 5.41) is 2.67. The Hall–Kier alpha value is -2.14. The number of rotatable bonds is 3. The van der Waals surface area contributed by atoms with Gasteiger partial charge in [0, 0.05) is 23.6 Å². The molecule has 1 amide bonds. The van der Waals surface area contributed by atoms with Crippen molar-refractivity contribution in [1.29, 1.82) is 0 Å². The van der Waals surface area contributed by atoms with Gasteiger partial charge >= 0.3 is 0 Å². The van der Waals surface area contributed by atoms with Gasteiger partial charge in [-0.25, -0.2) is 4.98 Å². The fourth-order valence-corrected chi connectivity index (χ4v) is 1.35. The molecule has 0 aliphatic carbocycles. The number of amides is 1. The minimum absolute atomic E-state index is 0.0140. The van der Waals surface area contributed by atoms with Crippen molar-refractivity contribution >= 4 is 11.6 Å². The Bertz CT molecular complexity index is 461. The maximum atomic E-state index is 11.0. The van der Waals surface area contributed by atoms with E-state index in [1.807, 2.05) is 24.3 Å². The topological polar surface area (TPSA) is 83.8 Å². The highest BCUT2D eigenvalue weighted by atomic mass is 16.1. The van der Waals surface area contributed by atoms with Crippen molar-refractivity contribution in [3.63, 3.8) is 0 Å². The maximum absolute atomic E-state index is 11.0. The van der Waals surface area contributed by atoms with Crippen molar-refractivity contribution in [3.05, 3.63) is 36.7 Å². The van der Waals surface area contributed by atoms with Crippen LogP contribution in [0, 0.1) is 0 Å². The van der Waals surface area contributed by atoms with E-state index >= 15 is 0 Å². The number of carbonyl (C=O) groups excluding carboxylic acids is 1. The lowest BCUT2D eigenvalue weighted by Crippen LogP contribution is -2.21. The van der Waals surface area contributed by atoms with Crippen molar-refractivity contribution < 1.29 is 4.79 Å². The molecule has 0 saturated carbocycles. The summed E-state index contributed by atoms with van der Waals surface area (Å²) in [6.07, 6.45) is 3.46. The second-order valence-corrected chi connectivity index (χ2v) is 3.27. The largest absolute Gasteiger partial charge is 0.345 e. The van der Waals surface area contributed by atoms with Crippen molar-refractivity contribution in [2.45, 2.75) is 0 Å². The van der Waals surface area contributed by atoms with E-state index in [1.165, 1.54) is 0 Å². The fourth-order valence-electron chi connectivity index (χ4n) is 1.35. The van der Waals surface area contributed by atoms with E-state index < -0.39 is 0 Å². The van der Waals surface area contributed by atoms with Crippen LogP contribution in [0.3, 0.4) is 0 Å². The van der Waals surface area contributed by atoms with Crippen molar-refractivity contribution in [2.24, 2.45) is 5.73 Å². The van der Waals surface area contributed by atoms with Crippen LogP contribution in [-0.2, 0) is 4.79 Å². The van der Waals surface area contributed by atoms with E-state index in [0.29, 0.717) is 0 Å². The minimum Gasteiger partial charge on any atom is -0.345 e. The van der Waals surface area contributed by atoms with Gasteiger partial charge in [-0.15, -0.1) is 0 Å².